The molecule has 3 aromatic rings. The van der Waals surface area contributed by atoms with E-state index in [0.29, 0.717) is 16.3 Å². The van der Waals surface area contributed by atoms with Crippen molar-refractivity contribution in [3.05, 3.63) is 100 Å². The number of benzene rings is 3. The van der Waals surface area contributed by atoms with E-state index in [2.05, 4.69) is 20.9 Å². The number of amides is 2. The van der Waals surface area contributed by atoms with Gasteiger partial charge in [0.05, 0.1) is 23.3 Å². The molecule has 0 spiro atoms. The SMILES string of the molecule is CN1C2=C(C=NC1Nc1ccc(C(=O)NC(C)(C)c3ccccc3)cc1)CC(=O)Nc1cc(Cl)ccc12. The van der Waals surface area contributed by atoms with Crippen LogP contribution in [-0.2, 0) is 10.3 Å². The highest BCUT2D eigenvalue weighted by atomic mass is 35.5. The van der Waals surface area contributed by atoms with Gasteiger partial charge in [0.25, 0.3) is 5.91 Å². The van der Waals surface area contributed by atoms with E-state index in [-0.39, 0.29) is 18.2 Å². The van der Waals surface area contributed by atoms with Crippen LogP contribution in [0.2, 0.25) is 5.02 Å². The minimum atomic E-state index is -0.504. The molecule has 7 nitrogen and oxygen atoms in total. The highest BCUT2D eigenvalue weighted by Gasteiger charge is 2.29. The first-order valence-electron chi connectivity index (χ1n) is 12.0. The van der Waals surface area contributed by atoms with E-state index in [0.717, 1.165) is 28.1 Å². The highest BCUT2D eigenvalue weighted by Crippen LogP contribution is 2.37. The molecule has 0 aromatic heterocycles. The number of carbonyl (C=O) groups excluding carboxylic acids is 2. The molecule has 2 aliphatic heterocycles. The average molecular weight is 514 g/mol. The maximum atomic E-state index is 12.9. The van der Waals surface area contributed by atoms with Crippen LogP contribution in [0.4, 0.5) is 11.4 Å². The van der Waals surface area contributed by atoms with Crippen LogP contribution in [0.1, 0.15) is 41.8 Å². The second kappa shape index (κ2) is 9.75. The van der Waals surface area contributed by atoms with Crippen LogP contribution in [0.25, 0.3) is 5.70 Å². The molecule has 2 aliphatic rings. The summed E-state index contributed by atoms with van der Waals surface area (Å²) in [4.78, 5) is 32.0. The minimum Gasteiger partial charge on any atom is -0.347 e. The molecule has 5 rings (SSSR count). The van der Waals surface area contributed by atoms with E-state index in [1.807, 2.05) is 80.4 Å². The Morgan fingerprint density at radius 3 is 2.54 bits per heavy atom. The van der Waals surface area contributed by atoms with Gasteiger partial charge in [-0.3, -0.25) is 9.59 Å². The molecule has 0 fully saturated rings. The number of fused-ring (bicyclic) bond motifs is 2. The van der Waals surface area contributed by atoms with Gasteiger partial charge in [-0.05, 0) is 61.9 Å². The number of rotatable bonds is 5. The monoisotopic (exact) mass is 513 g/mol. The summed E-state index contributed by atoms with van der Waals surface area (Å²) in [6, 6.07) is 22.7. The fourth-order valence-electron chi connectivity index (χ4n) is 4.64. The lowest BCUT2D eigenvalue weighted by Gasteiger charge is -2.34. The lowest BCUT2D eigenvalue weighted by atomic mass is 9.94. The van der Waals surface area contributed by atoms with Crippen LogP contribution in [-0.4, -0.2) is 36.3 Å². The second-order valence-electron chi connectivity index (χ2n) is 9.72. The molecule has 2 amide bonds. The van der Waals surface area contributed by atoms with Crippen molar-refractivity contribution < 1.29 is 9.59 Å². The molecular formula is C29H28ClN5O2. The summed E-state index contributed by atoms with van der Waals surface area (Å²) in [5.41, 5.74) is 5.23. The maximum absolute atomic E-state index is 12.9. The minimum absolute atomic E-state index is 0.107. The number of nitrogens with zero attached hydrogens (tertiary/aromatic N) is 2. The molecule has 2 heterocycles. The third kappa shape index (κ3) is 5.08. The molecule has 1 atom stereocenters. The fourth-order valence-corrected chi connectivity index (χ4v) is 4.81. The normalized spacial score (nSPS) is 16.9. The molecule has 0 saturated heterocycles. The predicted octanol–water partition coefficient (Wildman–Crippen LogP) is 5.47. The van der Waals surface area contributed by atoms with Crippen molar-refractivity contribution in [1.29, 1.82) is 0 Å². The zero-order valence-electron chi connectivity index (χ0n) is 20.9. The molecule has 0 radical (unpaired) electrons. The Morgan fingerprint density at radius 2 is 1.81 bits per heavy atom. The van der Waals surface area contributed by atoms with Crippen LogP contribution in [0.3, 0.4) is 0 Å². The maximum Gasteiger partial charge on any atom is 0.251 e. The van der Waals surface area contributed by atoms with Crippen molar-refractivity contribution in [1.82, 2.24) is 10.2 Å². The number of hydrogen-bond donors (Lipinski definition) is 3. The summed E-state index contributed by atoms with van der Waals surface area (Å²) in [7, 11) is 1.94. The molecule has 1 unspecified atom stereocenters. The Labute approximate surface area is 221 Å². The number of nitrogens with one attached hydrogen (secondary N) is 3. The van der Waals surface area contributed by atoms with Crippen LogP contribution in [0.15, 0.2) is 83.4 Å². The van der Waals surface area contributed by atoms with E-state index in [1.165, 1.54) is 0 Å². The number of aliphatic imine (C=N–C) groups is 1. The molecule has 8 heteroatoms. The third-order valence-corrected chi connectivity index (χ3v) is 6.86. The first-order valence-corrected chi connectivity index (χ1v) is 12.4. The smallest absolute Gasteiger partial charge is 0.251 e. The quantitative estimate of drug-likeness (QED) is 0.422. The zero-order valence-corrected chi connectivity index (χ0v) is 21.6. The second-order valence-corrected chi connectivity index (χ2v) is 10.2. The summed E-state index contributed by atoms with van der Waals surface area (Å²) in [5, 5.41) is 10.0. The summed E-state index contributed by atoms with van der Waals surface area (Å²) in [6.45, 7) is 3.97. The Hall–Kier alpha value is -4.10. The molecule has 3 aromatic carbocycles. The number of hydrogen-bond acceptors (Lipinski definition) is 5. The van der Waals surface area contributed by atoms with Gasteiger partial charge in [-0.2, -0.15) is 0 Å². The van der Waals surface area contributed by atoms with E-state index in [4.69, 9.17) is 11.6 Å². The van der Waals surface area contributed by atoms with Gasteiger partial charge in [-0.25, -0.2) is 4.99 Å². The van der Waals surface area contributed by atoms with Gasteiger partial charge in [0, 0.05) is 40.7 Å². The molecule has 3 N–H and O–H groups in total. The molecule has 188 valence electrons. The molecule has 37 heavy (non-hydrogen) atoms. The summed E-state index contributed by atoms with van der Waals surface area (Å²) in [6.07, 6.45) is 1.59. The standard InChI is InChI=1S/C29H28ClN5O2/c1-29(2,20-7-5-4-6-8-20)34-27(37)18-9-12-22(13-10-18)32-28-31-17-19-15-25(36)33-24-16-21(30)11-14-23(24)26(19)35(28)3/h4-14,16-17,28,32H,15H2,1-3H3,(H,33,36)(H,34,37). The van der Waals surface area contributed by atoms with Gasteiger partial charge < -0.3 is 20.9 Å². The van der Waals surface area contributed by atoms with Crippen molar-refractivity contribution in [3.63, 3.8) is 0 Å². The average Bonchev–Trinajstić information content (AvgIpc) is 3.01. The van der Waals surface area contributed by atoms with Crippen molar-refractivity contribution >= 4 is 46.7 Å². The third-order valence-electron chi connectivity index (χ3n) is 6.62. The van der Waals surface area contributed by atoms with Crippen molar-refractivity contribution in [2.45, 2.75) is 32.1 Å². The summed E-state index contributed by atoms with van der Waals surface area (Å²) in [5.74, 6) is -0.252. The number of anilines is 2. The largest absolute Gasteiger partial charge is 0.347 e. The Morgan fingerprint density at radius 1 is 1.08 bits per heavy atom. The van der Waals surface area contributed by atoms with Crippen LogP contribution in [0.5, 0.6) is 0 Å². The van der Waals surface area contributed by atoms with Gasteiger partial charge in [0.2, 0.25) is 5.91 Å². The fraction of sp³-hybridized carbons (Fsp3) is 0.207. The summed E-state index contributed by atoms with van der Waals surface area (Å²) < 4.78 is 0. The lowest BCUT2D eigenvalue weighted by molar-refractivity contribution is -0.115. The van der Waals surface area contributed by atoms with E-state index in [1.54, 1.807) is 24.4 Å². The Balaban J connectivity index is 1.31. The van der Waals surface area contributed by atoms with E-state index >= 15 is 0 Å². The van der Waals surface area contributed by atoms with E-state index < -0.39 is 11.8 Å². The van der Waals surface area contributed by atoms with E-state index in [9.17, 15) is 9.59 Å². The molecule has 0 saturated carbocycles. The predicted molar refractivity (Wildman–Crippen MR) is 149 cm³/mol. The first-order chi connectivity index (χ1) is 17.7. The van der Waals surface area contributed by atoms with Gasteiger partial charge in [0.15, 0.2) is 6.29 Å². The topological polar surface area (TPSA) is 85.8 Å². The van der Waals surface area contributed by atoms with Gasteiger partial charge in [-0.1, -0.05) is 41.9 Å². The molecular weight excluding hydrogens is 486 g/mol. The first kappa shape index (κ1) is 24.6. The highest BCUT2D eigenvalue weighted by molar-refractivity contribution is 6.31. The van der Waals surface area contributed by atoms with Crippen molar-refractivity contribution in [3.8, 4) is 0 Å². The molecule has 0 bridgehead atoms. The number of halogens is 1. The van der Waals surface area contributed by atoms with Crippen LogP contribution in [0, 0.1) is 0 Å². The number of carbonyl (C=O) groups is 2. The van der Waals surface area contributed by atoms with Gasteiger partial charge >= 0.3 is 0 Å². The zero-order chi connectivity index (χ0) is 26.2. The lowest BCUT2D eigenvalue weighted by Crippen LogP contribution is -2.41. The van der Waals surface area contributed by atoms with Crippen molar-refractivity contribution in [2.24, 2.45) is 4.99 Å². The van der Waals surface area contributed by atoms with Crippen molar-refractivity contribution in [2.75, 3.05) is 17.7 Å². The summed E-state index contributed by atoms with van der Waals surface area (Å²) >= 11 is 6.18. The molecule has 0 aliphatic carbocycles. The Kier molecular flexibility index (Phi) is 6.48. The van der Waals surface area contributed by atoms with Crippen LogP contribution < -0.4 is 16.0 Å². The van der Waals surface area contributed by atoms with Crippen LogP contribution >= 0.6 is 11.6 Å². The van der Waals surface area contributed by atoms with Gasteiger partial charge in [-0.15, -0.1) is 0 Å². The van der Waals surface area contributed by atoms with Gasteiger partial charge in [0.1, 0.15) is 0 Å². The Bertz CT molecular complexity index is 1410.